The third-order valence-electron chi connectivity index (χ3n) is 3.71. The number of nitrogens with one attached hydrogen (secondary N) is 2. The van der Waals surface area contributed by atoms with Gasteiger partial charge in [0.05, 0.1) is 4.92 Å². The van der Waals surface area contributed by atoms with Gasteiger partial charge in [0.1, 0.15) is 5.69 Å². The average molecular weight is 305 g/mol. The second-order valence-electron chi connectivity index (χ2n) is 5.72. The van der Waals surface area contributed by atoms with Gasteiger partial charge in [-0.1, -0.05) is 26.2 Å². The van der Waals surface area contributed by atoms with Crippen molar-refractivity contribution >= 4 is 17.3 Å². The van der Waals surface area contributed by atoms with Gasteiger partial charge >= 0.3 is 0 Å². The summed E-state index contributed by atoms with van der Waals surface area (Å²) in [6.07, 6.45) is 6.40. The quantitative estimate of drug-likeness (QED) is 0.415. The predicted molar refractivity (Wildman–Crippen MR) is 86.2 cm³/mol. The minimum absolute atomic E-state index is 0.0365. The maximum Gasteiger partial charge on any atom is 0.293 e. The van der Waals surface area contributed by atoms with Crippen LogP contribution in [0.2, 0.25) is 0 Å². The lowest BCUT2D eigenvalue weighted by Crippen LogP contribution is -2.24. The number of amides is 1. The first kappa shape index (κ1) is 16.3. The van der Waals surface area contributed by atoms with E-state index in [1.807, 2.05) is 0 Å². The molecule has 1 aliphatic carbocycles. The van der Waals surface area contributed by atoms with Gasteiger partial charge in [0, 0.05) is 24.2 Å². The van der Waals surface area contributed by atoms with E-state index in [0.717, 1.165) is 38.5 Å². The van der Waals surface area contributed by atoms with E-state index in [1.54, 1.807) is 12.1 Å². The molecule has 1 aromatic carbocycles. The monoisotopic (exact) mass is 305 g/mol. The van der Waals surface area contributed by atoms with Crippen molar-refractivity contribution in [2.24, 2.45) is 0 Å². The SMILES string of the molecule is CCCCCCNC(=O)c1ccc(NC2CC2)c([N+](=O)[O-])c1. The number of unbranched alkanes of at least 4 members (excludes halogenated alkanes) is 3. The van der Waals surface area contributed by atoms with Crippen LogP contribution in [0.15, 0.2) is 18.2 Å². The molecule has 120 valence electrons. The molecule has 0 bridgehead atoms. The van der Waals surface area contributed by atoms with E-state index < -0.39 is 4.92 Å². The normalized spacial score (nSPS) is 13.7. The Morgan fingerprint density at radius 3 is 2.73 bits per heavy atom. The maximum absolute atomic E-state index is 12.0. The van der Waals surface area contributed by atoms with Crippen LogP contribution in [0.5, 0.6) is 0 Å². The van der Waals surface area contributed by atoms with Crippen molar-refractivity contribution in [3.8, 4) is 0 Å². The van der Waals surface area contributed by atoms with E-state index >= 15 is 0 Å². The largest absolute Gasteiger partial charge is 0.377 e. The molecule has 0 spiro atoms. The van der Waals surface area contributed by atoms with Gasteiger partial charge < -0.3 is 10.6 Å². The zero-order chi connectivity index (χ0) is 15.9. The van der Waals surface area contributed by atoms with Gasteiger partial charge in [0.2, 0.25) is 0 Å². The Balaban J connectivity index is 1.96. The molecule has 0 aliphatic heterocycles. The number of nitro benzene ring substituents is 1. The number of anilines is 1. The number of rotatable bonds is 9. The number of nitrogens with zero attached hydrogens (tertiary/aromatic N) is 1. The Labute approximate surface area is 130 Å². The third kappa shape index (κ3) is 4.72. The van der Waals surface area contributed by atoms with Gasteiger partial charge in [0.25, 0.3) is 11.6 Å². The fourth-order valence-corrected chi connectivity index (χ4v) is 2.25. The topological polar surface area (TPSA) is 84.3 Å². The third-order valence-corrected chi connectivity index (χ3v) is 3.71. The second kappa shape index (κ2) is 7.77. The predicted octanol–water partition coefficient (Wildman–Crippen LogP) is 3.48. The van der Waals surface area contributed by atoms with Crippen LogP contribution in [-0.2, 0) is 0 Å². The number of carbonyl (C=O) groups excluding carboxylic acids is 1. The van der Waals surface area contributed by atoms with Gasteiger partial charge in [-0.15, -0.1) is 0 Å². The summed E-state index contributed by atoms with van der Waals surface area (Å²) >= 11 is 0. The molecule has 0 saturated heterocycles. The van der Waals surface area contributed by atoms with Crippen LogP contribution >= 0.6 is 0 Å². The lowest BCUT2D eigenvalue weighted by Gasteiger charge is -2.08. The van der Waals surface area contributed by atoms with Crippen LogP contribution in [0.25, 0.3) is 0 Å². The zero-order valence-corrected chi connectivity index (χ0v) is 12.9. The van der Waals surface area contributed by atoms with Crippen molar-refractivity contribution in [2.45, 2.75) is 51.5 Å². The molecule has 1 saturated carbocycles. The van der Waals surface area contributed by atoms with Crippen molar-refractivity contribution < 1.29 is 9.72 Å². The number of hydrogen-bond acceptors (Lipinski definition) is 4. The van der Waals surface area contributed by atoms with E-state index in [1.165, 1.54) is 6.07 Å². The van der Waals surface area contributed by atoms with Gasteiger partial charge in [-0.2, -0.15) is 0 Å². The van der Waals surface area contributed by atoms with Gasteiger partial charge in [-0.25, -0.2) is 0 Å². The summed E-state index contributed by atoms with van der Waals surface area (Å²) in [5.41, 5.74) is 0.793. The van der Waals surface area contributed by atoms with E-state index in [0.29, 0.717) is 23.8 Å². The molecular formula is C16H23N3O3. The average Bonchev–Trinajstić information content (AvgIpc) is 3.31. The van der Waals surface area contributed by atoms with Crippen LogP contribution in [0, 0.1) is 10.1 Å². The van der Waals surface area contributed by atoms with Crippen molar-refractivity contribution in [1.29, 1.82) is 0 Å². The molecule has 6 heteroatoms. The van der Waals surface area contributed by atoms with E-state index in [-0.39, 0.29) is 11.6 Å². The highest BCUT2D eigenvalue weighted by atomic mass is 16.6. The lowest BCUT2D eigenvalue weighted by atomic mass is 10.1. The smallest absolute Gasteiger partial charge is 0.293 e. The van der Waals surface area contributed by atoms with Crippen molar-refractivity contribution in [3.05, 3.63) is 33.9 Å². The highest BCUT2D eigenvalue weighted by molar-refractivity contribution is 5.95. The zero-order valence-electron chi connectivity index (χ0n) is 12.9. The van der Waals surface area contributed by atoms with Crippen LogP contribution < -0.4 is 10.6 Å². The molecule has 1 aliphatic rings. The Bertz CT molecular complexity index is 541. The Hall–Kier alpha value is -2.11. The van der Waals surface area contributed by atoms with Gasteiger partial charge in [-0.3, -0.25) is 14.9 Å². The van der Waals surface area contributed by atoms with Crippen LogP contribution in [-0.4, -0.2) is 23.4 Å². The molecular weight excluding hydrogens is 282 g/mol. The Kier molecular flexibility index (Phi) is 5.75. The standard InChI is InChI=1S/C16H23N3O3/c1-2-3-4-5-10-17-16(20)12-6-9-14(18-13-7-8-13)15(11-12)19(21)22/h6,9,11,13,18H,2-5,7-8,10H2,1H3,(H,17,20). The minimum atomic E-state index is -0.442. The summed E-state index contributed by atoms with van der Waals surface area (Å²) in [6, 6.07) is 4.95. The van der Waals surface area contributed by atoms with Gasteiger partial charge in [0.15, 0.2) is 0 Å². The molecule has 2 N–H and O–H groups in total. The van der Waals surface area contributed by atoms with Crippen LogP contribution in [0.1, 0.15) is 55.8 Å². The minimum Gasteiger partial charge on any atom is -0.377 e. The first-order valence-corrected chi connectivity index (χ1v) is 7.95. The fraction of sp³-hybridized carbons (Fsp3) is 0.562. The highest BCUT2D eigenvalue weighted by Crippen LogP contribution is 2.31. The molecule has 0 atom stereocenters. The van der Waals surface area contributed by atoms with Crippen molar-refractivity contribution in [1.82, 2.24) is 5.32 Å². The molecule has 0 radical (unpaired) electrons. The molecule has 1 amide bonds. The highest BCUT2D eigenvalue weighted by Gasteiger charge is 2.25. The van der Waals surface area contributed by atoms with Crippen LogP contribution in [0.3, 0.4) is 0 Å². The summed E-state index contributed by atoms with van der Waals surface area (Å²) in [5.74, 6) is -0.252. The summed E-state index contributed by atoms with van der Waals surface area (Å²) in [7, 11) is 0. The maximum atomic E-state index is 12.0. The summed E-state index contributed by atoms with van der Waals surface area (Å²) in [6.45, 7) is 2.74. The van der Waals surface area contributed by atoms with E-state index in [4.69, 9.17) is 0 Å². The number of nitro groups is 1. The second-order valence-corrected chi connectivity index (χ2v) is 5.72. The molecule has 0 unspecified atom stereocenters. The van der Waals surface area contributed by atoms with Crippen molar-refractivity contribution in [2.75, 3.05) is 11.9 Å². The first-order valence-electron chi connectivity index (χ1n) is 7.95. The van der Waals surface area contributed by atoms with E-state index in [9.17, 15) is 14.9 Å². The summed E-state index contributed by atoms with van der Waals surface area (Å²) in [5, 5.41) is 17.1. The molecule has 1 fully saturated rings. The summed E-state index contributed by atoms with van der Waals surface area (Å²) in [4.78, 5) is 22.8. The number of benzene rings is 1. The molecule has 1 aromatic rings. The molecule has 0 aromatic heterocycles. The molecule has 0 heterocycles. The molecule has 22 heavy (non-hydrogen) atoms. The van der Waals surface area contributed by atoms with E-state index in [2.05, 4.69) is 17.6 Å². The first-order chi connectivity index (χ1) is 10.6. The Morgan fingerprint density at radius 2 is 2.09 bits per heavy atom. The lowest BCUT2D eigenvalue weighted by molar-refractivity contribution is -0.384. The van der Waals surface area contributed by atoms with Crippen molar-refractivity contribution in [3.63, 3.8) is 0 Å². The fourth-order valence-electron chi connectivity index (χ4n) is 2.25. The number of hydrogen-bond donors (Lipinski definition) is 2. The summed E-state index contributed by atoms with van der Waals surface area (Å²) < 4.78 is 0. The van der Waals surface area contributed by atoms with Crippen LogP contribution in [0.4, 0.5) is 11.4 Å². The Morgan fingerprint density at radius 1 is 1.32 bits per heavy atom. The number of carbonyl (C=O) groups is 1. The van der Waals surface area contributed by atoms with Gasteiger partial charge in [-0.05, 0) is 31.4 Å². The molecule has 6 nitrogen and oxygen atoms in total. The molecule has 2 rings (SSSR count).